The number of hydrogen-bond donors (Lipinski definition) is 1. The van der Waals surface area contributed by atoms with Crippen molar-refractivity contribution in [3.63, 3.8) is 0 Å². The first kappa shape index (κ1) is 8.06. The summed E-state index contributed by atoms with van der Waals surface area (Å²) in [6.07, 6.45) is -4.45. The molecular weight excluding hydrogens is 135 g/mol. The fourth-order valence-electron chi connectivity index (χ4n) is 0.132. The highest BCUT2D eigenvalue weighted by Crippen LogP contribution is 2.16. The van der Waals surface area contributed by atoms with E-state index in [2.05, 4.69) is 10.3 Å². The van der Waals surface area contributed by atoms with Gasteiger partial charge in [0.1, 0.15) is 5.71 Å². The van der Waals surface area contributed by atoms with Crippen molar-refractivity contribution >= 4 is 5.71 Å². The lowest BCUT2D eigenvalue weighted by atomic mass is 10.4. The maximum absolute atomic E-state index is 11.4. The summed E-state index contributed by atoms with van der Waals surface area (Å²) in [6, 6.07) is 0. The van der Waals surface area contributed by atoms with Crippen LogP contribution in [0.1, 0.15) is 6.92 Å². The van der Waals surface area contributed by atoms with E-state index in [1.807, 2.05) is 0 Å². The highest BCUT2D eigenvalue weighted by molar-refractivity contribution is 5.87. The largest absolute Gasteiger partial charge is 0.431 e. The minimum absolute atomic E-state index is 0.748. The molecule has 0 aliphatic heterocycles. The molecule has 0 radical (unpaired) electrons. The minimum Gasteiger partial charge on any atom is -0.185 e. The van der Waals surface area contributed by atoms with Crippen LogP contribution in [0.2, 0.25) is 0 Å². The average molecular weight is 139 g/mol. The van der Waals surface area contributed by atoms with Crippen molar-refractivity contribution in [3.05, 3.63) is 0 Å². The molecule has 1 N–H and O–H groups in total. The number of hydrogen-bond acceptors (Lipinski definition) is 2. The normalized spacial score (nSPS) is 13.6. The molecule has 0 bridgehead atoms. The van der Waals surface area contributed by atoms with Crippen LogP contribution in [0.15, 0.2) is 10.3 Å². The summed E-state index contributed by atoms with van der Waals surface area (Å²) >= 11 is 0. The van der Waals surface area contributed by atoms with Crippen molar-refractivity contribution in [2.24, 2.45) is 10.3 Å². The summed E-state index contributed by atoms with van der Waals surface area (Å²) in [7, 11) is 0. The van der Waals surface area contributed by atoms with Crippen LogP contribution in [0.4, 0.5) is 13.2 Å². The topological polar surface area (TPSA) is 48.6 Å². The van der Waals surface area contributed by atoms with Gasteiger partial charge < -0.3 is 0 Å². The maximum atomic E-state index is 11.4. The van der Waals surface area contributed by atoms with Crippen molar-refractivity contribution in [1.29, 1.82) is 5.53 Å². The van der Waals surface area contributed by atoms with Gasteiger partial charge in [-0.1, -0.05) is 5.22 Å². The molecule has 0 aliphatic rings. The molecule has 52 valence electrons. The quantitative estimate of drug-likeness (QED) is 0.328. The molecule has 0 aromatic carbocycles. The monoisotopic (exact) mass is 139 g/mol. The van der Waals surface area contributed by atoms with Crippen LogP contribution >= 0.6 is 0 Å². The van der Waals surface area contributed by atoms with Crippen LogP contribution in [0, 0.1) is 5.53 Å². The highest BCUT2D eigenvalue weighted by Gasteiger charge is 2.32. The molecule has 0 rings (SSSR count). The number of alkyl halides is 3. The highest BCUT2D eigenvalue weighted by atomic mass is 19.4. The summed E-state index contributed by atoms with van der Waals surface area (Å²) in [5.74, 6) is 0. The Hall–Kier alpha value is -0.940. The van der Waals surface area contributed by atoms with Gasteiger partial charge in [0.05, 0.1) is 0 Å². The van der Waals surface area contributed by atoms with Crippen molar-refractivity contribution in [3.8, 4) is 0 Å². The Morgan fingerprint density at radius 3 is 2.00 bits per heavy atom. The molecule has 6 heteroatoms. The SMILES string of the molecule is C/C(=N\N=N)C(F)(F)F. The van der Waals surface area contributed by atoms with E-state index >= 15 is 0 Å². The lowest BCUT2D eigenvalue weighted by Crippen LogP contribution is -2.18. The minimum atomic E-state index is -4.45. The molecule has 0 fully saturated rings. The van der Waals surface area contributed by atoms with Gasteiger partial charge in [0.2, 0.25) is 0 Å². The fraction of sp³-hybridized carbons (Fsp3) is 0.667. The van der Waals surface area contributed by atoms with E-state index in [0.29, 0.717) is 0 Å². The number of nitrogens with one attached hydrogen (secondary N) is 1. The van der Waals surface area contributed by atoms with Gasteiger partial charge in [-0.05, 0) is 6.92 Å². The van der Waals surface area contributed by atoms with Crippen LogP contribution in [0.25, 0.3) is 0 Å². The molecule has 3 nitrogen and oxygen atoms in total. The van der Waals surface area contributed by atoms with Gasteiger partial charge in [-0.25, -0.2) is 0 Å². The standard InChI is InChI=1S/C3H4F3N3/c1-2(8-9-7)3(4,5)6/h7H,1H3/b8-2+,9-7?. The van der Waals surface area contributed by atoms with Gasteiger partial charge in [0.15, 0.2) is 0 Å². The zero-order valence-corrected chi connectivity index (χ0v) is 4.53. The first-order valence-corrected chi connectivity index (χ1v) is 1.96. The van der Waals surface area contributed by atoms with E-state index in [0.717, 1.165) is 6.92 Å². The molecule has 0 aliphatic carbocycles. The second-order valence-corrected chi connectivity index (χ2v) is 1.28. The van der Waals surface area contributed by atoms with Gasteiger partial charge >= 0.3 is 6.18 Å². The fourth-order valence-corrected chi connectivity index (χ4v) is 0.132. The first-order valence-electron chi connectivity index (χ1n) is 1.96. The smallest absolute Gasteiger partial charge is 0.185 e. The third-order valence-electron chi connectivity index (χ3n) is 0.610. The Labute approximate surface area is 49.1 Å². The summed E-state index contributed by atoms with van der Waals surface area (Å²) in [5, 5.41) is 4.70. The molecule has 0 aromatic rings. The summed E-state index contributed by atoms with van der Waals surface area (Å²) < 4.78 is 34.1. The molecule has 0 saturated heterocycles. The molecule has 0 amide bonds. The first-order chi connectivity index (χ1) is 3.98. The zero-order valence-electron chi connectivity index (χ0n) is 4.53. The van der Waals surface area contributed by atoms with Crippen LogP contribution in [0.3, 0.4) is 0 Å². The van der Waals surface area contributed by atoms with Crippen LogP contribution in [0.5, 0.6) is 0 Å². The Balaban J connectivity index is 4.19. The lowest BCUT2D eigenvalue weighted by Gasteiger charge is -2.00. The number of halogens is 3. The van der Waals surface area contributed by atoms with Crippen molar-refractivity contribution < 1.29 is 13.2 Å². The van der Waals surface area contributed by atoms with Crippen molar-refractivity contribution in [1.82, 2.24) is 0 Å². The van der Waals surface area contributed by atoms with E-state index < -0.39 is 11.9 Å². The predicted molar refractivity (Wildman–Crippen MR) is 24.3 cm³/mol. The van der Waals surface area contributed by atoms with E-state index in [9.17, 15) is 13.2 Å². The summed E-state index contributed by atoms with van der Waals surface area (Å²) in [4.78, 5) is 0. The Bertz CT molecular complexity index is 136. The number of rotatable bonds is 1. The third kappa shape index (κ3) is 2.78. The van der Waals surface area contributed by atoms with Gasteiger partial charge in [-0.2, -0.15) is 18.7 Å². The molecule has 0 unspecified atom stereocenters. The summed E-state index contributed by atoms with van der Waals surface area (Å²) in [6.45, 7) is 0.748. The molecule has 9 heavy (non-hydrogen) atoms. The van der Waals surface area contributed by atoms with Gasteiger partial charge in [0, 0.05) is 0 Å². The molecule has 0 saturated carbocycles. The zero-order chi connectivity index (χ0) is 7.49. The van der Waals surface area contributed by atoms with Crippen LogP contribution in [-0.2, 0) is 0 Å². The Kier molecular flexibility index (Phi) is 2.29. The molecule has 0 spiro atoms. The molecule has 0 aromatic heterocycles. The van der Waals surface area contributed by atoms with Crippen LogP contribution < -0.4 is 0 Å². The van der Waals surface area contributed by atoms with Gasteiger partial charge in [-0.15, -0.1) is 5.10 Å². The third-order valence-corrected chi connectivity index (χ3v) is 0.610. The van der Waals surface area contributed by atoms with Gasteiger partial charge in [-0.3, -0.25) is 0 Å². The lowest BCUT2D eigenvalue weighted by molar-refractivity contribution is -0.0594. The van der Waals surface area contributed by atoms with Crippen LogP contribution in [-0.4, -0.2) is 11.9 Å². The van der Waals surface area contributed by atoms with E-state index in [4.69, 9.17) is 5.53 Å². The van der Waals surface area contributed by atoms with Gasteiger partial charge in [0.25, 0.3) is 0 Å². The second kappa shape index (κ2) is 2.56. The van der Waals surface area contributed by atoms with Crippen molar-refractivity contribution in [2.75, 3.05) is 0 Å². The average Bonchev–Trinajstić information content (AvgIpc) is 1.64. The number of nitrogens with zero attached hydrogens (tertiary/aromatic N) is 2. The Morgan fingerprint density at radius 1 is 1.44 bits per heavy atom. The predicted octanol–water partition coefficient (Wildman–Crippen LogP) is 1.96. The van der Waals surface area contributed by atoms with E-state index in [1.165, 1.54) is 0 Å². The maximum Gasteiger partial charge on any atom is 0.431 e. The molecule has 0 atom stereocenters. The molecular formula is C3H4F3N3. The van der Waals surface area contributed by atoms with E-state index in [-0.39, 0.29) is 0 Å². The Morgan fingerprint density at radius 2 is 1.89 bits per heavy atom. The van der Waals surface area contributed by atoms with Crippen molar-refractivity contribution in [2.45, 2.75) is 13.1 Å². The summed E-state index contributed by atoms with van der Waals surface area (Å²) in [5.41, 5.74) is 4.84. The second-order valence-electron chi connectivity index (χ2n) is 1.28. The van der Waals surface area contributed by atoms with E-state index in [1.54, 1.807) is 0 Å². The molecule has 0 heterocycles.